The molecule has 0 saturated carbocycles. The lowest BCUT2D eigenvalue weighted by atomic mass is 9.93. The van der Waals surface area contributed by atoms with Gasteiger partial charge in [0.05, 0.1) is 12.3 Å². The second-order valence-corrected chi connectivity index (χ2v) is 6.94. The van der Waals surface area contributed by atoms with Crippen LogP contribution in [0, 0.1) is 0 Å². The van der Waals surface area contributed by atoms with Gasteiger partial charge >= 0.3 is 5.85 Å². The molecule has 0 aliphatic rings. The summed E-state index contributed by atoms with van der Waals surface area (Å²) >= 11 is 0. The van der Waals surface area contributed by atoms with Crippen molar-refractivity contribution < 1.29 is 23.7 Å². The van der Waals surface area contributed by atoms with E-state index >= 15 is 0 Å². The van der Waals surface area contributed by atoms with E-state index in [2.05, 4.69) is 9.73 Å². The summed E-state index contributed by atoms with van der Waals surface area (Å²) in [4.78, 5) is 4.50. The Morgan fingerprint density at radius 3 is 2.41 bits per heavy atom. The number of alkyl halides is 2. The normalized spacial score (nSPS) is 15.4. The lowest BCUT2D eigenvalue weighted by Crippen LogP contribution is -2.22. The molecule has 160 valence electrons. The van der Waals surface area contributed by atoms with E-state index in [0.29, 0.717) is 34.7 Å². The van der Waals surface area contributed by atoms with Crippen LogP contribution in [0.1, 0.15) is 33.6 Å². The van der Waals surface area contributed by atoms with Gasteiger partial charge < -0.3 is 20.7 Å². The molecular formula is C21H29F2N2O3P. The van der Waals surface area contributed by atoms with Gasteiger partial charge in [-0.15, -0.1) is 0 Å². The van der Waals surface area contributed by atoms with E-state index < -0.39 is 18.6 Å². The fourth-order valence-electron chi connectivity index (χ4n) is 2.57. The molecule has 1 aromatic rings. The third-order valence-corrected chi connectivity index (χ3v) is 4.04. The Morgan fingerprint density at radius 2 is 1.93 bits per heavy atom. The molecule has 0 radical (unpaired) electrons. The highest BCUT2D eigenvalue weighted by Crippen LogP contribution is 2.29. The van der Waals surface area contributed by atoms with Gasteiger partial charge in [-0.1, -0.05) is 32.1 Å². The lowest BCUT2D eigenvalue weighted by Gasteiger charge is -2.19. The van der Waals surface area contributed by atoms with Crippen molar-refractivity contribution in [3.8, 4) is 5.75 Å². The predicted molar refractivity (Wildman–Crippen MR) is 117 cm³/mol. The van der Waals surface area contributed by atoms with Crippen molar-refractivity contribution in [2.24, 2.45) is 10.7 Å². The van der Waals surface area contributed by atoms with Crippen LogP contribution < -0.4 is 10.5 Å². The number of benzene rings is 1. The highest BCUT2D eigenvalue weighted by atomic mass is 31.0. The molecule has 0 aromatic heterocycles. The number of allylic oxidation sites excluding steroid dienone is 4. The van der Waals surface area contributed by atoms with Crippen LogP contribution in [-0.4, -0.2) is 34.5 Å². The highest BCUT2D eigenvalue weighted by molar-refractivity contribution is 7.17. The van der Waals surface area contributed by atoms with Crippen LogP contribution in [0.5, 0.6) is 5.75 Å². The fourth-order valence-corrected chi connectivity index (χ4v) is 2.70. The molecule has 0 heterocycles. The van der Waals surface area contributed by atoms with E-state index in [0.717, 1.165) is 6.42 Å². The maximum atomic E-state index is 12.9. The van der Waals surface area contributed by atoms with Crippen LogP contribution in [0.3, 0.4) is 0 Å². The number of aliphatic imine (C=N–C) groups is 1. The van der Waals surface area contributed by atoms with Crippen molar-refractivity contribution in [3.05, 3.63) is 59.3 Å². The van der Waals surface area contributed by atoms with Gasteiger partial charge in [-0.05, 0) is 58.8 Å². The van der Waals surface area contributed by atoms with Crippen LogP contribution in [0.25, 0.3) is 0 Å². The highest BCUT2D eigenvalue weighted by Gasteiger charge is 2.23. The molecule has 4 N–H and O–H groups in total. The zero-order valence-corrected chi connectivity index (χ0v) is 18.1. The predicted octanol–water partition coefficient (Wildman–Crippen LogP) is 4.45. The third-order valence-electron chi connectivity index (χ3n) is 3.92. The fraction of sp³-hybridized carbons (Fsp3) is 0.381. The molecule has 0 aliphatic heterocycles. The van der Waals surface area contributed by atoms with Gasteiger partial charge in [0.25, 0.3) is 0 Å². The SMILES string of the molecule is CC/C=C/C=C(\C(C(C)=Nc1ccc(OC(F)(F)P)cc1)=C(\N)CC)C(O)CO. The van der Waals surface area contributed by atoms with Crippen LogP contribution in [-0.2, 0) is 0 Å². The molecule has 8 heteroatoms. The van der Waals surface area contributed by atoms with E-state index in [1.807, 2.05) is 19.9 Å². The molecule has 1 rings (SSSR count). The third kappa shape index (κ3) is 8.44. The van der Waals surface area contributed by atoms with Crippen molar-refractivity contribution >= 4 is 20.6 Å². The monoisotopic (exact) mass is 426 g/mol. The van der Waals surface area contributed by atoms with Crippen LogP contribution in [0.2, 0.25) is 0 Å². The number of aliphatic hydroxyl groups is 2. The first-order chi connectivity index (χ1) is 13.6. The lowest BCUT2D eigenvalue weighted by molar-refractivity contribution is -0.0892. The number of halogens is 2. The minimum Gasteiger partial charge on any atom is -0.430 e. The molecular weight excluding hydrogens is 397 g/mol. The van der Waals surface area contributed by atoms with E-state index in [4.69, 9.17) is 5.73 Å². The summed E-state index contributed by atoms with van der Waals surface area (Å²) in [5.74, 6) is -3.34. The van der Waals surface area contributed by atoms with Gasteiger partial charge in [0.15, 0.2) is 0 Å². The number of aliphatic hydroxyl groups excluding tert-OH is 2. The first-order valence-electron chi connectivity index (χ1n) is 9.28. The molecule has 29 heavy (non-hydrogen) atoms. The minimum absolute atomic E-state index is 0.00595. The van der Waals surface area contributed by atoms with Crippen LogP contribution in [0.15, 0.2) is 64.3 Å². The van der Waals surface area contributed by atoms with Gasteiger partial charge in [-0.25, -0.2) is 0 Å². The first-order valence-corrected chi connectivity index (χ1v) is 9.86. The molecule has 0 fully saturated rings. The van der Waals surface area contributed by atoms with E-state index in [-0.39, 0.29) is 5.75 Å². The summed E-state index contributed by atoms with van der Waals surface area (Å²) < 4.78 is 30.3. The Bertz CT molecular complexity index is 782. The number of hydrogen-bond acceptors (Lipinski definition) is 5. The summed E-state index contributed by atoms with van der Waals surface area (Å²) in [5, 5.41) is 19.8. The molecule has 0 spiro atoms. The summed E-state index contributed by atoms with van der Waals surface area (Å²) in [6.07, 6.45) is 5.63. The molecule has 2 atom stereocenters. The van der Waals surface area contributed by atoms with E-state index in [1.165, 1.54) is 33.5 Å². The average Bonchev–Trinajstić information content (AvgIpc) is 2.66. The maximum Gasteiger partial charge on any atom is 0.408 e. The van der Waals surface area contributed by atoms with Crippen LogP contribution >= 0.6 is 9.24 Å². The van der Waals surface area contributed by atoms with Crippen molar-refractivity contribution in [3.63, 3.8) is 0 Å². The van der Waals surface area contributed by atoms with E-state index in [1.54, 1.807) is 19.1 Å². The second-order valence-electron chi connectivity index (χ2n) is 6.27. The largest absolute Gasteiger partial charge is 0.430 e. The van der Waals surface area contributed by atoms with E-state index in [9.17, 15) is 19.0 Å². The average molecular weight is 426 g/mol. The van der Waals surface area contributed by atoms with Gasteiger partial charge in [-0.3, -0.25) is 4.99 Å². The topological polar surface area (TPSA) is 88.1 Å². The Balaban J connectivity index is 3.33. The second kappa shape index (κ2) is 11.8. The van der Waals surface area contributed by atoms with Crippen molar-refractivity contribution in [1.29, 1.82) is 0 Å². The molecule has 1 aromatic carbocycles. The Labute approximate surface area is 172 Å². The molecule has 0 saturated heterocycles. The molecule has 2 unspecified atom stereocenters. The first kappa shape index (κ1) is 25.0. The standard InChI is InChI=1S/C21H29F2N2O3P/c1-4-6-7-8-17(19(27)13-26)20(18(24)5-2)14(3)25-15-9-11-16(12-10-15)28-21(22,23)29/h6-12,19,26-27H,4-5,13,24,29H2,1-3H3/b7-6+,17-8-,20-18+,25-14?. The smallest absolute Gasteiger partial charge is 0.408 e. The minimum atomic E-state index is -3.35. The van der Waals surface area contributed by atoms with Crippen molar-refractivity contribution in [1.82, 2.24) is 0 Å². The Kier molecular flexibility index (Phi) is 10.2. The van der Waals surface area contributed by atoms with Crippen LogP contribution in [0.4, 0.5) is 14.5 Å². The quantitative estimate of drug-likeness (QED) is 0.293. The number of nitrogens with zero attached hydrogens (tertiary/aromatic N) is 1. The molecule has 0 aliphatic carbocycles. The molecule has 0 amide bonds. The Hall–Kier alpha value is -2.08. The zero-order chi connectivity index (χ0) is 22.0. The van der Waals surface area contributed by atoms with Gasteiger partial charge in [0.2, 0.25) is 0 Å². The zero-order valence-electron chi connectivity index (χ0n) is 16.9. The number of nitrogens with two attached hydrogens (primary N) is 1. The van der Waals surface area contributed by atoms with Gasteiger partial charge in [0.1, 0.15) is 11.9 Å². The van der Waals surface area contributed by atoms with Crippen molar-refractivity contribution in [2.75, 3.05) is 6.61 Å². The molecule has 5 nitrogen and oxygen atoms in total. The summed E-state index contributed by atoms with van der Waals surface area (Å²) in [7, 11) is 1.31. The summed E-state index contributed by atoms with van der Waals surface area (Å²) in [6.45, 7) is 5.13. The number of rotatable bonds is 10. The number of ether oxygens (including phenoxy) is 1. The summed E-state index contributed by atoms with van der Waals surface area (Å²) in [6, 6.07) is 5.86. The Morgan fingerprint density at radius 1 is 1.31 bits per heavy atom. The summed E-state index contributed by atoms with van der Waals surface area (Å²) in [5.41, 5.74) is 8.75. The van der Waals surface area contributed by atoms with Gasteiger partial charge in [0, 0.05) is 17.0 Å². The molecule has 0 bridgehead atoms. The van der Waals surface area contributed by atoms with Crippen molar-refractivity contribution in [2.45, 2.75) is 45.6 Å². The number of hydrogen-bond donors (Lipinski definition) is 3. The van der Waals surface area contributed by atoms with Gasteiger partial charge in [-0.2, -0.15) is 8.78 Å². The maximum absolute atomic E-state index is 12.9.